The van der Waals surface area contributed by atoms with Crippen LogP contribution in [0.4, 0.5) is 0 Å². The van der Waals surface area contributed by atoms with Gasteiger partial charge in [0, 0.05) is 13.1 Å². The summed E-state index contributed by atoms with van der Waals surface area (Å²) >= 11 is 5.54. The van der Waals surface area contributed by atoms with Crippen LogP contribution in [0.15, 0.2) is 24.3 Å². The maximum Gasteiger partial charge on any atom is 0.237 e. The number of carbonyl (C=O) groups excluding carboxylic acids is 1. The first-order valence-corrected chi connectivity index (χ1v) is 5.97. The maximum absolute atomic E-state index is 11.6. The first kappa shape index (κ1) is 13.5. The lowest BCUT2D eigenvalue weighted by Gasteiger charge is -2.20. The molecular formula is C13H15ClN2O. The van der Waals surface area contributed by atoms with Crippen LogP contribution in [0.5, 0.6) is 0 Å². The first-order valence-electron chi connectivity index (χ1n) is 5.43. The molecule has 0 atom stereocenters. The third-order valence-electron chi connectivity index (χ3n) is 2.45. The van der Waals surface area contributed by atoms with Crippen molar-refractivity contribution in [3.63, 3.8) is 0 Å². The lowest BCUT2D eigenvalue weighted by Crippen LogP contribution is -2.32. The summed E-state index contributed by atoms with van der Waals surface area (Å²) in [5.41, 5.74) is 2.23. The topological polar surface area (TPSA) is 44.1 Å². The molecule has 0 heterocycles. The Hall–Kier alpha value is -1.53. The Morgan fingerprint density at radius 2 is 2.06 bits per heavy atom. The molecule has 0 aliphatic heterocycles. The van der Waals surface area contributed by atoms with Gasteiger partial charge in [0.25, 0.3) is 0 Å². The van der Waals surface area contributed by atoms with Crippen LogP contribution in [0.1, 0.15) is 17.5 Å². The molecule has 1 aromatic carbocycles. The summed E-state index contributed by atoms with van der Waals surface area (Å²) < 4.78 is 0. The monoisotopic (exact) mass is 250 g/mol. The molecule has 17 heavy (non-hydrogen) atoms. The number of rotatable bonds is 5. The molecule has 1 amide bonds. The van der Waals surface area contributed by atoms with E-state index < -0.39 is 0 Å². The lowest BCUT2D eigenvalue weighted by atomic mass is 10.1. The minimum atomic E-state index is -0.137. The number of nitriles is 1. The van der Waals surface area contributed by atoms with Gasteiger partial charge in [-0.15, -0.1) is 11.6 Å². The molecule has 0 unspecified atom stereocenters. The van der Waals surface area contributed by atoms with E-state index in [9.17, 15) is 4.79 Å². The van der Waals surface area contributed by atoms with Crippen molar-refractivity contribution >= 4 is 17.5 Å². The number of hydrogen-bond donors (Lipinski definition) is 0. The standard InChI is InChI=1S/C13H15ClN2O/c1-11-3-5-12(6-4-11)10-16(8-2-7-15)13(17)9-14/h3-6H,2,8-10H2,1H3. The molecule has 0 spiro atoms. The highest BCUT2D eigenvalue weighted by Crippen LogP contribution is 2.08. The number of hydrogen-bond acceptors (Lipinski definition) is 2. The van der Waals surface area contributed by atoms with Crippen molar-refractivity contribution in [2.45, 2.75) is 19.9 Å². The largest absolute Gasteiger partial charge is 0.336 e. The molecule has 0 aliphatic rings. The Morgan fingerprint density at radius 1 is 1.41 bits per heavy atom. The lowest BCUT2D eigenvalue weighted by molar-refractivity contribution is -0.129. The second-order valence-electron chi connectivity index (χ2n) is 3.84. The van der Waals surface area contributed by atoms with Crippen molar-refractivity contribution < 1.29 is 4.79 Å². The fraction of sp³-hybridized carbons (Fsp3) is 0.385. The normalized spacial score (nSPS) is 9.71. The predicted molar refractivity (Wildman–Crippen MR) is 67.5 cm³/mol. The summed E-state index contributed by atoms with van der Waals surface area (Å²) in [6.07, 6.45) is 0.328. The quantitative estimate of drug-likeness (QED) is 0.754. The van der Waals surface area contributed by atoms with Crippen LogP contribution < -0.4 is 0 Å². The molecule has 0 N–H and O–H groups in total. The molecule has 1 aromatic rings. The van der Waals surface area contributed by atoms with Crippen LogP contribution in [0.2, 0.25) is 0 Å². The first-order chi connectivity index (χ1) is 8.17. The number of benzene rings is 1. The van der Waals surface area contributed by atoms with Gasteiger partial charge in [-0.05, 0) is 12.5 Å². The zero-order valence-electron chi connectivity index (χ0n) is 9.82. The van der Waals surface area contributed by atoms with Crippen LogP contribution in [0.3, 0.4) is 0 Å². The average Bonchev–Trinajstić information content (AvgIpc) is 2.36. The highest BCUT2D eigenvalue weighted by Gasteiger charge is 2.12. The summed E-state index contributed by atoms with van der Waals surface area (Å²) in [5.74, 6) is -0.181. The highest BCUT2D eigenvalue weighted by atomic mass is 35.5. The van der Waals surface area contributed by atoms with E-state index in [1.165, 1.54) is 5.56 Å². The van der Waals surface area contributed by atoms with Crippen molar-refractivity contribution in [2.24, 2.45) is 0 Å². The van der Waals surface area contributed by atoms with Crippen LogP contribution in [-0.4, -0.2) is 23.2 Å². The minimum Gasteiger partial charge on any atom is -0.336 e. The Kier molecular flexibility index (Phi) is 5.51. The molecule has 0 radical (unpaired) electrons. The third kappa shape index (κ3) is 4.46. The number of aryl methyl sites for hydroxylation is 1. The summed E-state index contributed by atoms with van der Waals surface area (Å²) in [5, 5.41) is 8.55. The summed E-state index contributed by atoms with van der Waals surface area (Å²) in [7, 11) is 0. The second-order valence-corrected chi connectivity index (χ2v) is 4.11. The van der Waals surface area contributed by atoms with E-state index in [2.05, 4.69) is 0 Å². The predicted octanol–water partition coefficient (Wildman–Crippen LogP) is 2.48. The molecule has 90 valence electrons. The third-order valence-corrected chi connectivity index (χ3v) is 2.68. The van der Waals surface area contributed by atoms with Crippen LogP contribution in [0.25, 0.3) is 0 Å². The number of alkyl halides is 1. The van der Waals surface area contributed by atoms with E-state index in [-0.39, 0.29) is 11.8 Å². The fourth-order valence-corrected chi connectivity index (χ4v) is 1.64. The number of nitrogens with zero attached hydrogens (tertiary/aromatic N) is 2. The molecule has 0 saturated heterocycles. The van der Waals surface area contributed by atoms with Gasteiger partial charge in [0.05, 0.1) is 12.5 Å². The van der Waals surface area contributed by atoms with E-state index in [1.807, 2.05) is 37.3 Å². The summed E-state index contributed by atoms with van der Waals surface area (Å²) in [6.45, 7) is 2.95. The fourth-order valence-electron chi connectivity index (χ4n) is 1.48. The minimum absolute atomic E-state index is 0.0444. The van der Waals surface area contributed by atoms with Gasteiger partial charge < -0.3 is 4.90 Å². The van der Waals surface area contributed by atoms with Crippen LogP contribution >= 0.6 is 11.6 Å². The van der Waals surface area contributed by atoms with E-state index in [0.29, 0.717) is 19.5 Å². The molecular weight excluding hydrogens is 236 g/mol. The number of carbonyl (C=O) groups is 1. The highest BCUT2D eigenvalue weighted by molar-refractivity contribution is 6.27. The van der Waals surface area contributed by atoms with Gasteiger partial charge in [0.2, 0.25) is 5.91 Å². The number of amides is 1. The second kappa shape index (κ2) is 6.93. The molecule has 1 rings (SSSR count). The molecule has 0 fully saturated rings. The van der Waals surface area contributed by atoms with E-state index in [1.54, 1.807) is 4.90 Å². The Balaban J connectivity index is 2.68. The zero-order chi connectivity index (χ0) is 12.7. The van der Waals surface area contributed by atoms with Crippen molar-refractivity contribution in [1.29, 1.82) is 5.26 Å². The molecule has 0 aromatic heterocycles. The van der Waals surface area contributed by atoms with Gasteiger partial charge in [-0.2, -0.15) is 5.26 Å². The molecule has 0 bridgehead atoms. The average molecular weight is 251 g/mol. The van der Waals surface area contributed by atoms with E-state index >= 15 is 0 Å². The van der Waals surface area contributed by atoms with Crippen molar-refractivity contribution in [3.05, 3.63) is 35.4 Å². The van der Waals surface area contributed by atoms with Crippen LogP contribution in [0, 0.1) is 18.3 Å². The molecule has 3 nitrogen and oxygen atoms in total. The van der Waals surface area contributed by atoms with E-state index in [0.717, 1.165) is 5.56 Å². The van der Waals surface area contributed by atoms with Crippen molar-refractivity contribution in [2.75, 3.05) is 12.4 Å². The van der Waals surface area contributed by atoms with Crippen LogP contribution in [-0.2, 0) is 11.3 Å². The summed E-state index contributed by atoms with van der Waals surface area (Å²) in [4.78, 5) is 13.2. The smallest absolute Gasteiger partial charge is 0.237 e. The van der Waals surface area contributed by atoms with Gasteiger partial charge >= 0.3 is 0 Å². The zero-order valence-corrected chi connectivity index (χ0v) is 10.6. The van der Waals surface area contributed by atoms with Crippen molar-refractivity contribution in [1.82, 2.24) is 4.90 Å². The van der Waals surface area contributed by atoms with Gasteiger partial charge in [-0.3, -0.25) is 4.79 Å². The molecule has 0 saturated carbocycles. The van der Waals surface area contributed by atoms with Gasteiger partial charge in [-0.25, -0.2) is 0 Å². The van der Waals surface area contributed by atoms with Gasteiger partial charge in [0.1, 0.15) is 5.88 Å². The number of halogens is 1. The van der Waals surface area contributed by atoms with Gasteiger partial charge in [-0.1, -0.05) is 29.8 Å². The molecule has 4 heteroatoms. The Morgan fingerprint density at radius 3 is 2.59 bits per heavy atom. The van der Waals surface area contributed by atoms with E-state index in [4.69, 9.17) is 16.9 Å². The molecule has 0 aliphatic carbocycles. The Bertz CT molecular complexity index is 408. The SMILES string of the molecule is Cc1ccc(CN(CCC#N)C(=O)CCl)cc1. The van der Waals surface area contributed by atoms with Crippen molar-refractivity contribution in [3.8, 4) is 6.07 Å². The maximum atomic E-state index is 11.6. The Labute approximate surface area is 107 Å². The summed E-state index contributed by atoms with van der Waals surface area (Å²) in [6, 6.07) is 10.0. The van der Waals surface area contributed by atoms with Gasteiger partial charge in [0.15, 0.2) is 0 Å².